The molecule has 0 aliphatic heterocycles. The summed E-state index contributed by atoms with van der Waals surface area (Å²) < 4.78 is 0. The summed E-state index contributed by atoms with van der Waals surface area (Å²) in [5.74, 6) is 2.16. The number of benzene rings is 1. The number of hydrogen-bond acceptors (Lipinski definition) is 3. The van der Waals surface area contributed by atoms with E-state index < -0.39 is 0 Å². The molecule has 0 fully saturated rings. The van der Waals surface area contributed by atoms with E-state index in [2.05, 4.69) is 43.4 Å². The molecule has 0 heterocycles. The normalized spacial score (nSPS) is 12.6. The smallest absolute Gasteiger partial charge is 0.0584 e. The quantitative estimate of drug-likeness (QED) is 0.675. The SMILES string of the molecule is CCCNC(CO)CCSCc1ccccc1C. The first-order valence-corrected chi connectivity index (χ1v) is 7.90. The second kappa shape index (κ2) is 9.42. The number of aryl methyl sites for hydroxylation is 1. The van der Waals surface area contributed by atoms with E-state index in [1.165, 1.54) is 11.1 Å². The number of thioether (sulfide) groups is 1. The highest BCUT2D eigenvalue weighted by atomic mass is 32.2. The summed E-state index contributed by atoms with van der Waals surface area (Å²) in [6.45, 7) is 5.54. The summed E-state index contributed by atoms with van der Waals surface area (Å²) in [6, 6.07) is 8.80. The maximum absolute atomic E-state index is 9.24. The van der Waals surface area contributed by atoms with E-state index >= 15 is 0 Å². The fraction of sp³-hybridized carbons (Fsp3) is 0.600. The van der Waals surface area contributed by atoms with Gasteiger partial charge in [-0.25, -0.2) is 0 Å². The van der Waals surface area contributed by atoms with Crippen molar-refractivity contribution in [3.63, 3.8) is 0 Å². The van der Waals surface area contributed by atoms with E-state index in [4.69, 9.17) is 0 Å². The van der Waals surface area contributed by atoms with Crippen LogP contribution >= 0.6 is 11.8 Å². The first-order chi connectivity index (χ1) is 8.77. The number of aliphatic hydroxyl groups is 1. The number of nitrogens with one attached hydrogen (secondary N) is 1. The summed E-state index contributed by atoms with van der Waals surface area (Å²) in [5.41, 5.74) is 2.79. The van der Waals surface area contributed by atoms with Crippen LogP contribution in [0.1, 0.15) is 30.9 Å². The Hall–Kier alpha value is -0.510. The second-order valence-electron chi connectivity index (χ2n) is 4.60. The molecule has 0 aliphatic carbocycles. The second-order valence-corrected chi connectivity index (χ2v) is 5.71. The largest absolute Gasteiger partial charge is 0.395 e. The van der Waals surface area contributed by atoms with Crippen molar-refractivity contribution < 1.29 is 5.11 Å². The Bertz CT molecular complexity index is 330. The average Bonchev–Trinajstić information content (AvgIpc) is 2.40. The van der Waals surface area contributed by atoms with Gasteiger partial charge in [0.05, 0.1) is 6.61 Å². The van der Waals surface area contributed by atoms with Gasteiger partial charge < -0.3 is 10.4 Å². The molecule has 0 radical (unpaired) electrons. The van der Waals surface area contributed by atoms with Gasteiger partial charge in [-0.1, -0.05) is 31.2 Å². The monoisotopic (exact) mass is 267 g/mol. The van der Waals surface area contributed by atoms with Crippen molar-refractivity contribution >= 4 is 11.8 Å². The highest BCUT2D eigenvalue weighted by Gasteiger charge is 2.05. The van der Waals surface area contributed by atoms with Crippen LogP contribution in [0.4, 0.5) is 0 Å². The van der Waals surface area contributed by atoms with Gasteiger partial charge in [-0.3, -0.25) is 0 Å². The number of aliphatic hydroxyl groups excluding tert-OH is 1. The zero-order chi connectivity index (χ0) is 13.2. The summed E-state index contributed by atoms with van der Waals surface area (Å²) in [7, 11) is 0. The molecule has 1 aromatic rings. The minimum Gasteiger partial charge on any atom is -0.395 e. The third kappa shape index (κ3) is 5.89. The van der Waals surface area contributed by atoms with Crippen molar-refractivity contribution in [3.8, 4) is 0 Å². The van der Waals surface area contributed by atoms with Crippen LogP contribution in [0, 0.1) is 6.92 Å². The molecule has 2 nitrogen and oxygen atoms in total. The first-order valence-electron chi connectivity index (χ1n) is 6.74. The van der Waals surface area contributed by atoms with Crippen molar-refractivity contribution in [3.05, 3.63) is 35.4 Å². The molecule has 2 N–H and O–H groups in total. The van der Waals surface area contributed by atoms with Gasteiger partial charge in [-0.2, -0.15) is 11.8 Å². The summed E-state index contributed by atoms with van der Waals surface area (Å²) in [6.07, 6.45) is 2.15. The molecule has 1 rings (SSSR count). The van der Waals surface area contributed by atoms with Crippen molar-refractivity contribution in [1.29, 1.82) is 0 Å². The molecule has 0 aliphatic rings. The Balaban J connectivity index is 2.19. The maximum atomic E-state index is 9.24. The van der Waals surface area contributed by atoms with Crippen molar-refractivity contribution in [2.45, 2.75) is 38.5 Å². The Morgan fingerprint density at radius 2 is 2.11 bits per heavy atom. The molecule has 1 unspecified atom stereocenters. The Morgan fingerprint density at radius 1 is 1.33 bits per heavy atom. The fourth-order valence-electron chi connectivity index (χ4n) is 1.79. The molecular weight excluding hydrogens is 242 g/mol. The molecule has 0 bridgehead atoms. The lowest BCUT2D eigenvalue weighted by Crippen LogP contribution is -2.33. The molecular formula is C15H25NOS. The van der Waals surface area contributed by atoms with Crippen LogP contribution in [0.2, 0.25) is 0 Å². The predicted molar refractivity (Wildman–Crippen MR) is 81.1 cm³/mol. The van der Waals surface area contributed by atoms with Crippen LogP contribution in [-0.4, -0.2) is 30.1 Å². The van der Waals surface area contributed by atoms with Crippen LogP contribution < -0.4 is 5.32 Å². The van der Waals surface area contributed by atoms with Gasteiger partial charge in [0.25, 0.3) is 0 Å². The fourth-order valence-corrected chi connectivity index (χ4v) is 2.93. The van der Waals surface area contributed by atoms with Gasteiger partial charge in [0, 0.05) is 11.8 Å². The van der Waals surface area contributed by atoms with Crippen LogP contribution in [0.3, 0.4) is 0 Å². The molecule has 0 aromatic heterocycles. The van der Waals surface area contributed by atoms with E-state index in [0.717, 1.165) is 30.9 Å². The highest BCUT2D eigenvalue weighted by Crippen LogP contribution is 2.16. The minimum atomic E-state index is 0.241. The van der Waals surface area contributed by atoms with Crippen LogP contribution in [-0.2, 0) is 5.75 Å². The molecule has 3 heteroatoms. The van der Waals surface area contributed by atoms with E-state index in [-0.39, 0.29) is 12.6 Å². The van der Waals surface area contributed by atoms with Gasteiger partial charge in [0.15, 0.2) is 0 Å². The molecule has 0 amide bonds. The lowest BCUT2D eigenvalue weighted by Gasteiger charge is -2.15. The highest BCUT2D eigenvalue weighted by molar-refractivity contribution is 7.98. The standard InChI is InChI=1S/C15H25NOS/c1-3-9-16-15(11-17)8-10-18-12-14-7-5-4-6-13(14)2/h4-7,15-17H,3,8-12H2,1-2H3. The van der Waals surface area contributed by atoms with E-state index in [9.17, 15) is 5.11 Å². The summed E-state index contributed by atoms with van der Waals surface area (Å²) >= 11 is 1.95. The van der Waals surface area contributed by atoms with Gasteiger partial charge in [0.2, 0.25) is 0 Å². The van der Waals surface area contributed by atoms with Crippen LogP contribution in [0.5, 0.6) is 0 Å². The third-order valence-electron chi connectivity index (χ3n) is 3.03. The van der Waals surface area contributed by atoms with Gasteiger partial charge in [0.1, 0.15) is 0 Å². The zero-order valence-electron chi connectivity index (χ0n) is 11.5. The minimum absolute atomic E-state index is 0.241. The molecule has 1 atom stereocenters. The lowest BCUT2D eigenvalue weighted by molar-refractivity contribution is 0.240. The zero-order valence-corrected chi connectivity index (χ0v) is 12.3. The molecule has 0 saturated heterocycles. The third-order valence-corrected chi connectivity index (χ3v) is 4.07. The lowest BCUT2D eigenvalue weighted by atomic mass is 10.1. The maximum Gasteiger partial charge on any atom is 0.0584 e. The van der Waals surface area contributed by atoms with E-state index in [0.29, 0.717) is 0 Å². The van der Waals surface area contributed by atoms with Crippen LogP contribution in [0.25, 0.3) is 0 Å². The number of hydrogen-bond donors (Lipinski definition) is 2. The Kier molecular flexibility index (Phi) is 8.14. The van der Waals surface area contributed by atoms with Crippen molar-refractivity contribution in [2.24, 2.45) is 0 Å². The molecule has 0 saturated carbocycles. The average molecular weight is 267 g/mol. The predicted octanol–water partition coefficient (Wildman–Crippen LogP) is 2.98. The van der Waals surface area contributed by atoms with Crippen molar-refractivity contribution in [1.82, 2.24) is 5.32 Å². The number of rotatable bonds is 9. The van der Waals surface area contributed by atoms with Gasteiger partial charge in [-0.15, -0.1) is 0 Å². The van der Waals surface area contributed by atoms with Crippen molar-refractivity contribution in [2.75, 3.05) is 18.9 Å². The molecule has 102 valence electrons. The molecule has 0 spiro atoms. The summed E-state index contributed by atoms with van der Waals surface area (Å²) in [5, 5.41) is 12.6. The Labute approximate surface area is 115 Å². The van der Waals surface area contributed by atoms with E-state index in [1.54, 1.807) is 0 Å². The van der Waals surface area contributed by atoms with Gasteiger partial charge in [-0.05, 0) is 43.2 Å². The summed E-state index contributed by atoms with van der Waals surface area (Å²) in [4.78, 5) is 0. The Morgan fingerprint density at radius 3 is 2.78 bits per heavy atom. The molecule has 18 heavy (non-hydrogen) atoms. The molecule has 1 aromatic carbocycles. The first kappa shape index (κ1) is 15.5. The van der Waals surface area contributed by atoms with Crippen LogP contribution in [0.15, 0.2) is 24.3 Å². The van der Waals surface area contributed by atoms with E-state index in [1.807, 2.05) is 11.8 Å². The van der Waals surface area contributed by atoms with Gasteiger partial charge >= 0.3 is 0 Å². The topological polar surface area (TPSA) is 32.3 Å².